The van der Waals surface area contributed by atoms with Crippen LogP contribution in [0.25, 0.3) is 0 Å². The smallest absolute Gasteiger partial charge is 0.417 e. The second-order valence-electron chi connectivity index (χ2n) is 7.11. The number of methoxy groups -OCH3 is 1. The fourth-order valence-corrected chi connectivity index (χ4v) is 3.30. The number of alkyl halides is 3. The molecule has 0 bridgehead atoms. The first-order valence-corrected chi connectivity index (χ1v) is 10.1. The highest BCUT2D eigenvalue weighted by atomic mass is 35.5. The van der Waals surface area contributed by atoms with Gasteiger partial charge in [0.2, 0.25) is 5.91 Å². The molecule has 33 heavy (non-hydrogen) atoms. The Kier molecular flexibility index (Phi) is 7.78. The van der Waals surface area contributed by atoms with E-state index in [0.717, 1.165) is 17.7 Å². The molecular formula is C23H20ClF3N2O4. The molecule has 0 saturated heterocycles. The van der Waals surface area contributed by atoms with Gasteiger partial charge in [0.15, 0.2) is 0 Å². The minimum Gasteiger partial charge on any atom is -0.467 e. The average molecular weight is 481 g/mol. The van der Waals surface area contributed by atoms with Crippen molar-refractivity contribution >= 4 is 29.1 Å². The quantitative estimate of drug-likeness (QED) is 0.470. The number of benzene rings is 2. The van der Waals surface area contributed by atoms with E-state index in [0.29, 0.717) is 17.9 Å². The van der Waals surface area contributed by atoms with E-state index in [1.54, 1.807) is 43.5 Å². The fourth-order valence-electron chi connectivity index (χ4n) is 3.08. The van der Waals surface area contributed by atoms with Crippen molar-refractivity contribution in [3.8, 4) is 0 Å². The lowest BCUT2D eigenvalue weighted by atomic mass is 10.1. The van der Waals surface area contributed by atoms with Crippen molar-refractivity contribution in [3.05, 3.63) is 88.3 Å². The Morgan fingerprint density at radius 1 is 1.12 bits per heavy atom. The Morgan fingerprint density at radius 3 is 2.45 bits per heavy atom. The third-order valence-electron chi connectivity index (χ3n) is 4.62. The van der Waals surface area contributed by atoms with Gasteiger partial charge in [-0.1, -0.05) is 23.7 Å². The summed E-state index contributed by atoms with van der Waals surface area (Å²) in [5.41, 5.74) is 0.0420. The van der Waals surface area contributed by atoms with E-state index in [1.807, 2.05) is 0 Å². The number of carbonyl (C=O) groups is 2. The lowest BCUT2D eigenvalue weighted by Crippen LogP contribution is -2.37. The minimum absolute atomic E-state index is 0.00645. The lowest BCUT2D eigenvalue weighted by Gasteiger charge is -2.22. The zero-order valence-electron chi connectivity index (χ0n) is 17.5. The van der Waals surface area contributed by atoms with Crippen LogP contribution in [0.3, 0.4) is 0 Å². The summed E-state index contributed by atoms with van der Waals surface area (Å²) in [4.78, 5) is 26.9. The SMILES string of the molecule is COCc1ccc(C(=O)N(CC(=O)Nc2ccc(Cl)c(C(F)(F)F)c2)Cc2ccco2)cc1. The van der Waals surface area contributed by atoms with Crippen LogP contribution in [0.2, 0.25) is 5.02 Å². The van der Waals surface area contributed by atoms with Gasteiger partial charge < -0.3 is 19.4 Å². The number of furan rings is 1. The predicted molar refractivity (Wildman–Crippen MR) is 116 cm³/mol. The summed E-state index contributed by atoms with van der Waals surface area (Å²) in [6, 6.07) is 13.0. The number of rotatable bonds is 8. The first-order valence-electron chi connectivity index (χ1n) is 9.73. The summed E-state index contributed by atoms with van der Waals surface area (Å²) in [5, 5.41) is 1.91. The molecule has 6 nitrogen and oxygen atoms in total. The van der Waals surface area contributed by atoms with Crippen molar-refractivity contribution in [3.63, 3.8) is 0 Å². The Hall–Kier alpha value is -3.30. The van der Waals surface area contributed by atoms with Crippen molar-refractivity contribution in [1.82, 2.24) is 4.90 Å². The summed E-state index contributed by atoms with van der Waals surface area (Å²) >= 11 is 5.62. The van der Waals surface area contributed by atoms with Crippen LogP contribution < -0.4 is 5.32 Å². The summed E-state index contributed by atoms with van der Waals surface area (Å²) in [6.07, 6.45) is -3.24. The van der Waals surface area contributed by atoms with E-state index < -0.39 is 35.1 Å². The monoisotopic (exact) mass is 480 g/mol. The van der Waals surface area contributed by atoms with Crippen LogP contribution in [0, 0.1) is 0 Å². The summed E-state index contributed by atoms with van der Waals surface area (Å²) in [5.74, 6) is -0.683. The van der Waals surface area contributed by atoms with Gasteiger partial charge in [-0.15, -0.1) is 0 Å². The van der Waals surface area contributed by atoms with Gasteiger partial charge in [-0.25, -0.2) is 0 Å². The Balaban J connectivity index is 1.77. The molecule has 10 heteroatoms. The van der Waals surface area contributed by atoms with Crippen LogP contribution in [0.5, 0.6) is 0 Å². The molecule has 2 aromatic carbocycles. The lowest BCUT2D eigenvalue weighted by molar-refractivity contribution is -0.137. The molecule has 1 aromatic heterocycles. The highest BCUT2D eigenvalue weighted by Crippen LogP contribution is 2.36. The maximum atomic E-state index is 13.1. The molecule has 0 aliphatic rings. The first kappa shape index (κ1) is 24.3. The normalized spacial score (nSPS) is 11.3. The standard InChI is InChI=1S/C23H20ClF3N2O4/c1-32-14-15-4-6-16(7-5-15)22(31)29(12-18-3-2-10-33-18)13-21(30)28-17-8-9-20(24)19(11-17)23(25,26)27/h2-11H,12-14H2,1H3,(H,28,30). The topological polar surface area (TPSA) is 71.8 Å². The van der Waals surface area contributed by atoms with Crippen molar-refractivity contribution in [2.45, 2.75) is 19.3 Å². The molecule has 1 N–H and O–H groups in total. The molecule has 0 fully saturated rings. The molecule has 174 valence electrons. The van der Waals surface area contributed by atoms with Crippen LogP contribution in [-0.2, 0) is 28.9 Å². The molecule has 0 aliphatic heterocycles. The maximum absolute atomic E-state index is 13.1. The number of nitrogens with zero attached hydrogens (tertiary/aromatic N) is 1. The zero-order valence-corrected chi connectivity index (χ0v) is 18.2. The second kappa shape index (κ2) is 10.5. The van der Waals surface area contributed by atoms with Gasteiger partial charge in [-0.2, -0.15) is 13.2 Å². The van der Waals surface area contributed by atoms with Gasteiger partial charge in [-0.05, 0) is 48.0 Å². The van der Waals surface area contributed by atoms with Gasteiger partial charge in [0, 0.05) is 18.4 Å². The molecule has 3 rings (SSSR count). The Bertz CT molecular complexity index is 1100. The predicted octanol–water partition coefficient (Wildman–Crippen LogP) is 5.38. The number of hydrogen-bond donors (Lipinski definition) is 1. The van der Waals surface area contributed by atoms with Crippen LogP contribution in [0.1, 0.15) is 27.2 Å². The largest absolute Gasteiger partial charge is 0.467 e. The molecule has 0 unspecified atom stereocenters. The Labute approximate surface area is 192 Å². The van der Waals surface area contributed by atoms with Gasteiger partial charge in [0.25, 0.3) is 5.91 Å². The second-order valence-corrected chi connectivity index (χ2v) is 7.52. The van der Waals surface area contributed by atoms with Gasteiger partial charge in [0.1, 0.15) is 12.3 Å². The number of halogens is 4. The third-order valence-corrected chi connectivity index (χ3v) is 4.95. The van der Waals surface area contributed by atoms with Crippen molar-refractivity contribution < 1.29 is 31.9 Å². The van der Waals surface area contributed by atoms with E-state index in [2.05, 4.69) is 5.32 Å². The van der Waals surface area contributed by atoms with Gasteiger partial charge in [0.05, 0.1) is 30.0 Å². The fraction of sp³-hybridized carbons (Fsp3) is 0.217. The molecule has 0 atom stereocenters. The molecule has 0 spiro atoms. The minimum atomic E-state index is -4.67. The molecule has 2 amide bonds. The van der Waals surface area contributed by atoms with Crippen LogP contribution in [0.4, 0.5) is 18.9 Å². The molecule has 0 aliphatic carbocycles. The van der Waals surface area contributed by atoms with Crippen LogP contribution >= 0.6 is 11.6 Å². The average Bonchev–Trinajstić information content (AvgIpc) is 3.27. The van der Waals surface area contributed by atoms with Crippen molar-refractivity contribution in [2.75, 3.05) is 19.0 Å². The van der Waals surface area contributed by atoms with E-state index in [-0.39, 0.29) is 12.2 Å². The number of amides is 2. The maximum Gasteiger partial charge on any atom is 0.417 e. The van der Waals surface area contributed by atoms with Crippen LogP contribution in [-0.4, -0.2) is 30.4 Å². The van der Waals surface area contributed by atoms with Crippen molar-refractivity contribution in [2.24, 2.45) is 0 Å². The van der Waals surface area contributed by atoms with E-state index >= 15 is 0 Å². The molecule has 0 saturated carbocycles. The molecule has 3 aromatic rings. The van der Waals surface area contributed by atoms with Crippen molar-refractivity contribution in [1.29, 1.82) is 0 Å². The zero-order chi connectivity index (χ0) is 24.0. The third kappa shape index (κ3) is 6.59. The summed E-state index contributed by atoms with van der Waals surface area (Å²) in [6.45, 7) is -0.0369. The summed E-state index contributed by atoms with van der Waals surface area (Å²) in [7, 11) is 1.56. The van der Waals surface area contributed by atoms with Gasteiger partial charge >= 0.3 is 6.18 Å². The summed E-state index contributed by atoms with van der Waals surface area (Å²) < 4.78 is 49.6. The number of nitrogens with one attached hydrogen (secondary N) is 1. The Morgan fingerprint density at radius 2 is 1.85 bits per heavy atom. The van der Waals surface area contributed by atoms with E-state index in [4.69, 9.17) is 20.8 Å². The molecular weight excluding hydrogens is 461 g/mol. The number of carbonyl (C=O) groups excluding carboxylic acids is 2. The molecule has 1 heterocycles. The number of anilines is 1. The molecule has 0 radical (unpaired) electrons. The van der Waals surface area contributed by atoms with Gasteiger partial charge in [-0.3, -0.25) is 9.59 Å². The van der Waals surface area contributed by atoms with E-state index in [1.165, 1.54) is 17.2 Å². The number of hydrogen-bond acceptors (Lipinski definition) is 4. The van der Waals surface area contributed by atoms with E-state index in [9.17, 15) is 22.8 Å². The number of ether oxygens (including phenoxy) is 1. The highest BCUT2D eigenvalue weighted by Gasteiger charge is 2.33. The van der Waals surface area contributed by atoms with Crippen LogP contribution in [0.15, 0.2) is 65.3 Å². The highest BCUT2D eigenvalue weighted by molar-refractivity contribution is 6.31. The first-order chi connectivity index (χ1) is 15.7.